The van der Waals surface area contributed by atoms with Gasteiger partial charge in [-0.3, -0.25) is 9.36 Å². The number of allylic oxidation sites excluding steroid dienone is 1. The van der Waals surface area contributed by atoms with Crippen LogP contribution in [0.3, 0.4) is 0 Å². The van der Waals surface area contributed by atoms with Crippen molar-refractivity contribution in [3.8, 4) is 28.7 Å². The largest absolute Gasteiger partial charge is 0.493 e. The molecule has 1 aliphatic rings. The first-order valence-corrected chi connectivity index (χ1v) is 14.5. The summed E-state index contributed by atoms with van der Waals surface area (Å²) in [5, 5.41) is 0. The summed E-state index contributed by atoms with van der Waals surface area (Å²) in [4.78, 5) is 44.1. The molecule has 1 atom stereocenters. The van der Waals surface area contributed by atoms with Gasteiger partial charge in [-0.05, 0) is 62.2 Å². The number of esters is 2. The molecule has 0 aliphatic carbocycles. The molecule has 44 heavy (non-hydrogen) atoms. The second-order valence-corrected chi connectivity index (χ2v) is 10.3. The van der Waals surface area contributed by atoms with E-state index in [2.05, 4.69) is 9.73 Å². The first-order chi connectivity index (χ1) is 21.2. The number of methoxy groups -OCH3 is 4. The van der Waals surface area contributed by atoms with E-state index in [0.29, 0.717) is 61.5 Å². The molecular weight excluding hydrogens is 592 g/mol. The van der Waals surface area contributed by atoms with Crippen molar-refractivity contribution < 1.29 is 42.7 Å². The number of nitrogens with zero attached hydrogens (tertiary/aromatic N) is 2. The summed E-state index contributed by atoms with van der Waals surface area (Å²) in [7, 11) is 5.80. The molecule has 0 saturated heterocycles. The average molecular weight is 627 g/mol. The highest BCUT2D eigenvalue weighted by molar-refractivity contribution is 7.07. The minimum Gasteiger partial charge on any atom is -0.493 e. The molecule has 0 radical (unpaired) electrons. The Morgan fingerprint density at radius 2 is 1.64 bits per heavy atom. The summed E-state index contributed by atoms with van der Waals surface area (Å²) in [6.45, 7) is 5.33. The van der Waals surface area contributed by atoms with Gasteiger partial charge in [-0.1, -0.05) is 17.4 Å². The molecule has 234 valence electrons. The molecule has 0 unspecified atom stereocenters. The lowest BCUT2D eigenvalue weighted by molar-refractivity contribution is -0.143. The van der Waals surface area contributed by atoms with E-state index >= 15 is 0 Å². The van der Waals surface area contributed by atoms with Crippen molar-refractivity contribution >= 4 is 29.4 Å². The van der Waals surface area contributed by atoms with Crippen molar-refractivity contribution in [1.29, 1.82) is 0 Å². The van der Waals surface area contributed by atoms with Gasteiger partial charge < -0.3 is 33.2 Å². The number of carbonyl (C=O) groups excluding carboxylic acids is 2. The number of thiazole rings is 1. The number of ether oxygens (including phenoxy) is 7. The Balaban J connectivity index is 1.92. The van der Waals surface area contributed by atoms with Crippen molar-refractivity contribution in [2.45, 2.75) is 26.8 Å². The van der Waals surface area contributed by atoms with Gasteiger partial charge in [0.25, 0.3) is 5.56 Å². The number of benzene rings is 2. The summed E-state index contributed by atoms with van der Waals surface area (Å²) in [5.74, 6) is 0.762. The molecular formula is C31H34N2O10S. The number of fused-ring (bicyclic) bond motifs is 1. The summed E-state index contributed by atoms with van der Waals surface area (Å²) >= 11 is 1.18. The Morgan fingerprint density at radius 1 is 0.932 bits per heavy atom. The predicted octanol–water partition coefficient (Wildman–Crippen LogP) is 2.77. The van der Waals surface area contributed by atoms with Crippen LogP contribution in [-0.2, 0) is 19.1 Å². The van der Waals surface area contributed by atoms with Gasteiger partial charge >= 0.3 is 11.9 Å². The lowest BCUT2D eigenvalue weighted by Crippen LogP contribution is -2.40. The minimum absolute atomic E-state index is 0.137. The van der Waals surface area contributed by atoms with Crippen molar-refractivity contribution in [1.82, 2.24) is 4.57 Å². The number of rotatable bonds is 12. The second kappa shape index (κ2) is 14.1. The van der Waals surface area contributed by atoms with Gasteiger partial charge in [0.2, 0.25) is 5.75 Å². The van der Waals surface area contributed by atoms with E-state index in [9.17, 15) is 14.4 Å². The van der Waals surface area contributed by atoms with Crippen molar-refractivity contribution in [2.24, 2.45) is 4.99 Å². The standard InChI is InChI=1S/C31H34N2O10S/c1-8-41-21-15-19(10-11-20(21)43-16-25(34)39-6)27-26(30(36)42-9-2)17(3)32-31-33(27)29(35)24(44-31)14-18-12-22(37-4)28(40-7)23(13-18)38-5/h10-15,27H,8-9,16H2,1-7H3/b24-14-/t27-/m1/s1. The lowest BCUT2D eigenvalue weighted by Gasteiger charge is -2.25. The average Bonchev–Trinajstić information content (AvgIpc) is 3.32. The molecule has 1 aromatic heterocycles. The summed E-state index contributed by atoms with van der Waals surface area (Å²) in [5.41, 5.74) is 1.44. The number of aromatic nitrogens is 1. The summed E-state index contributed by atoms with van der Waals surface area (Å²) in [6, 6.07) is 7.57. The molecule has 0 spiro atoms. The molecule has 3 aromatic rings. The summed E-state index contributed by atoms with van der Waals surface area (Å²) < 4.78 is 39.7. The van der Waals surface area contributed by atoms with Crippen LogP contribution in [-0.4, -0.2) is 64.8 Å². The fraction of sp³-hybridized carbons (Fsp3) is 0.355. The van der Waals surface area contributed by atoms with Crippen LogP contribution >= 0.6 is 11.3 Å². The molecule has 1 aliphatic heterocycles. The lowest BCUT2D eigenvalue weighted by atomic mass is 9.95. The van der Waals surface area contributed by atoms with E-state index in [-0.39, 0.29) is 24.3 Å². The van der Waals surface area contributed by atoms with Crippen LogP contribution in [0, 0.1) is 0 Å². The SMILES string of the molecule is CCOC(=O)C1=C(C)N=c2s/c(=C\c3cc(OC)c(OC)c(OC)c3)c(=O)n2[C@@H]1c1ccc(OCC(=O)OC)c(OCC)c1. The van der Waals surface area contributed by atoms with Crippen molar-refractivity contribution in [3.05, 3.63) is 72.4 Å². The van der Waals surface area contributed by atoms with E-state index in [1.54, 1.807) is 57.2 Å². The van der Waals surface area contributed by atoms with E-state index < -0.39 is 18.0 Å². The molecule has 4 rings (SSSR count). The molecule has 0 N–H and O–H groups in total. The maximum absolute atomic E-state index is 14.1. The smallest absolute Gasteiger partial charge is 0.343 e. The first-order valence-electron chi connectivity index (χ1n) is 13.7. The second-order valence-electron chi connectivity index (χ2n) is 9.26. The Labute approximate surface area is 257 Å². The van der Waals surface area contributed by atoms with E-state index in [0.717, 1.165) is 0 Å². The maximum atomic E-state index is 14.1. The zero-order chi connectivity index (χ0) is 32.0. The molecule has 2 aromatic carbocycles. The third kappa shape index (κ3) is 6.42. The summed E-state index contributed by atoms with van der Waals surface area (Å²) in [6.07, 6.45) is 1.70. The van der Waals surface area contributed by atoms with Crippen LogP contribution in [0.1, 0.15) is 37.9 Å². The normalized spacial score (nSPS) is 14.3. The van der Waals surface area contributed by atoms with Gasteiger partial charge in [0.15, 0.2) is 34.4 Å². The molecule has 0 fully saturated rings. The van der Waals surface area contributed by atoms with Gasteiger partial charge in [-0.2, -0.15) is 0 Å². The van der Waals surface area contributed by atoms with Crippen LogP contribution in [0.15, 0.2) is 51.4 Å². The highest BCUT2D eigenvalue weighted by atomic mass is 32.1. The van der Waals surface area contributed by atoms with Gasteiger partial charge in [-0.25, -0.2) is 14.6 Å². The van der Waals surface area contributed by atoms with Crippen molar-refractivity contribution in [3.63, 3.8) is 0 Å². The van der Waals surface area contributed by atoms with Crippen LogP contribution < -0.4 is 38.6 Å². The Morgan fingerprint density at radius 3 is 2.23 bits per heavy atom. The Kier molecular flexibility index (Phi) is 10.3. The zero-order valence-electron chi connectivity index (χ0n) is 25.5. The number of carbonyl (C=O) groups is 2. The van der Waals surface area contributed by atoms with E-state index in [1.165, 1.54) is 44.3 Å². The van der Waals surface area contributed by atoms with Crippen LogP contribution in [0.2, 0.25) is 0 Å². The maximum Gasteiger partial charge on any atom is 0.343 e. The Bertz CT molecular complexity index is 1750. The van der Waals surface area contributed by atoms with Crippen molar-refractivity contribution in [2.75, 3.05) is 48.3 Å². The highest BCUT2D eigenvalue weighted by Crippen LogP contribution is 2.39. The minimum atomic E-state index is -0.888. The van der Waals surface area contributed by atoms with Crippen LogP contribution in [0.25, 0.3) is 6.08 Å². The van der Waals surface area contributed by atoms with Gasteiger partial charge in [0.1, 0.15) is 0 Å². The quantitative estimate of drug-likeness (QED) is 0.277. The van der Waals surface area contributed by atoms with Gasteiger partial charge in [0, 0.05) is 0 Å². The van der Waals surface area contributed by atoms with Gasteiger partial charge in [0.05, 0.1) is 63.5 Å². The highest BCUT2D eigenvalue weighted by Gasteiger charge is 2.34. The number of hydrogen-bond donors (Lipinski definition) is 0. The third-order valence-electron chi connectivity index (χ3n) is 6.66. The number of hydrogen-bond acceptors (Lipinski definition) is 12. The molecule has 0 saturated carbocycles. The van der Waals surface area contributed by atoms with Crippen LogP contribution in [0.4, 0.5) is 0 Å². The Hall–Kier alpha value is -4.78. The predicted molar refractivity (Wildman–Crippen MR) is 162 cm³/mol. The van der Waals surface area contributed by atoms with E-state index in [1.807, 2.05) is 0 Å². The monoisotopic (exact) mass is 626 g/mol. The topological polar surface area (TPSA) is 133 Å². The molecule has 0 bridgehead atoms. The molecule has 12 nitrogen and oxygen atoms in total. The fourth-order valence-electron chi connectivity index (χ4n) is 4.72. The van der Waals surface area contributed by atoms with E-state index in [4.69, 9.17) is 28.4 Å². The first kappa shape index (κ1) is 32.1. The van der Waals surface area contributed by atoms with Gasteiger partial charge in [-0.15, -0.1) is 0 Å². The van der Waals surface area contributed by atoms with Crippen LogP contribution in [0.5, 0.6) is 28.7 Å². The molecule has 13 heteroatoms. The fourth-order valence-corrected chi connectivity index (χ4v) is 5.77. The zero-order valence-corrected chi connectivity index (χ0v) is 26.4. The third-order valence-corrected chi connectivity index (χ3v) is 7.64. The molecule has 2 heterocycles. The molecule has 0 amide bonds.